The zero-order chi connectivity index (χ0) is 15.8. The number of carbonyl (C=O) groups excluding carboxylic acids is 1. The molecule has 0 radical (unpaired) electrons. The third-order valence-corrected chi connectivity index (χ3v) is 5.00. The number of methoxy groups -OCH3 is 1. The Hall–Kier alpha value is -1.58. The number of carbonyl (C=O) groups is 1. The third kappa shape index (κ3) is 3.04. The third-order valence-electron chi connectivity index (χ3n) is 3.15. The summed E-state index contributed by atoms with van der Waals surface area (Å²) in [7, 11) is -3.25. The minimum atomic E-state index is -4.33. The summed E-state index contributed by atoms with van der Waals surface area (Å²) in [5.74, 6) is -2.95. The van der Waals surface area contributed by atoms with Gasteiger partial charge in [0.1, 0.15) is 17.7 Å². The number of sulfonamides is 1. The number of hydrogen-bond acceptors (Lipinski definition) is 5. The first-order chi connectivity index (χ1) is 9.75. The average molecular weight is 321 g/mol. The van der Waals surface area contributed by atoms with Crippen LogP contribution in [-0.2, 0) is 19.6 Å². The lowest BCUT2D eigenvalue weighted by molar-refractivity contribution is -0.144. The first kappa shape index (κ1) is 15.8. The summed E-state index contributed by atoms with van der Waals surface area (Å²) in [5, 5.41) is 9.57. The van der Waals surface area contributed by atoms with E-state index in [-0.39, 0.29) is 13.0 Å². The number of aliphatic hydroxyl groups excluding tert-OH is 1. The van der Waals surface area contributed by atoms with Crippen molar-refractivity contribution in [3.05, 3.63) is 29.8 Å². The molecule has 21 heavy (non-hydrogen) atoms. The lowest BCUT2D eigenvalue weighted by Gasteiger charge is -2.21. The van der Waals surface area contributed by atoms with Crippen LogP contribution in [0.5, 0.6) is 0 Å². The molecule has 2 atom stereocenters. The molecule has 0 aliphatic carbocycles. The molecular formula is C12H13F2NO5S. The Bertz CT molecular complexity index is 643. The Balaban J connectivity index is 2.44. The van der Waals surface area contributed by atoms with E-state index in [1.807, 2.05) is 0 Å². The molecule has 116 valence electrons. The fraction of sp³-hybridized carbons (Fsp3) is 0.417. The molecule has 1 fully saturated rings. The van der Waals surface area contributed by atoms with Gasteiger partial charge in [0.2, 0.25) is 10.0 Å². The van der Waals surface area contributed by atoms with Crippen LogP contribution in [-0.4, -0.2) is 49.6 Å². The number of β-amino-alcohol motifs (C(OH)–C–C–N with tert-alkyl or cyclic N) is 1. The summed E-state index contributed by atoms with van der Waals surface area (Å²) in [4.78, 5) is 11.0. The molecule has 1 aromatic carbocycles. The normalized spacial score (nSPS) is 23.2. The largest absolute Gasteiger partial charge is 0.468 e. The van der Waals surface area contributed by atoms with Gasteiger partial charge in [0.25, 0.3) is 0 Å². The second-order valence-electron chi connectivity index (χ2n) is 4.61. The van der Waals surface area contributed by atoms with E-state index in [1.54, 1.807) is 0 Å². The molecule has 2 unspecified atom stereocenters. The first-order valence-electron chi connectivity index (χ1n) is 5.99. The summed E-state index contributed by atoms with van der Waals surface area (Å²) < 4.78 is 56.3. The fourth-order valence-corrected chi connectivity index (χ4v) is 3.88. The quantitative estimate of drug-likeness (QED) is 0.808. The molecule has 1 aliphatic rings. The average Bonchev–Trinajstić information content (AvgIpc) is 2.79. The Morgan fingerprint density at radius 1 is 1.33 bits per heavy atom. The zero-order valence-corrected chi connectivity index (χ0v) is 11.8. The van der Waals surface area contributed by atoms with E-state index < -0.39 is 44.7 Å². The second kappa shape index (κ2) is 5.66. The van der Waals surface area contributed by atoms with Crippen molar-refractivity contribution in [1.82, 2.24) is 4.31 Å². The highest BCUT2D eigenvalue weighted by Crippen LogP contribution is 2.27. The summed E-state index contributed by atoms with van der Waals surface area (Å²) in [5.41, 5.74) is 0. The maximum atomic E-state index is 13.2. The minimum Gasteiger partial charge on any atom is -0.468 e. The highest BCUT2D eigenvalue weighted by atomic mass is 32.2. The predicted molar refractivity (Wildman–Crippen MR) is 66.7 cm³/mol. The molecule has 0 aromatic heterocycles. The summed E-state index contributed by atoms with van der Waals surface area (Å²) in [6, 6.07) is 0.617. The van der Waals surface area contributed by atoms with E-state index in [9.17, 15) is 27.1 Å². The van der Waals surface area contributed by atoms with Gasteiger partial charge in [-0.15, -0.1) is 0 Å². The molecule has 1 aliphatic heterocycles. The van der Waals surface area contributed by atoms with Crippen LogP contribution in [0.25, 0.3) is 0 Å². The van der Waals surface area contributed by atoms with Crippen LogP contribution in [0, 0.1) is 11.6 Å². The number of nitrogens with zero attached hydrogens (tertiary/aromatic N) is 1. The van der Waals surface area contributed by atoms with E-state index in [0.29, 0.717) is 22.5 Å². The highest BCUT2D eigenvalue weighted by molar-refractivity contribution is 7.89. The van der Waals surface area contributed by atoms with Crippen molar-refractivity contribution in [3.63, 3.8) is 0 Å². The SMILES string of the molecule is COC(=O)C1CC(O)CN1S(=O)(=O)c1cc(F)cc(F)c1. The molecule has 0 bridgehead atoms. The molecule has 6 nitrogen and oxygen atoms in total. The van der Waals surface area contributed by atoms with Crippen molar-refractivity contribution in [2.75, 3.05) is 13.7 Å². The van der Waals surface area contributed by atoms with E-state index in [2.05, 4.69) is 4.74 Å². The van der Waals surface area contributed by atoms with Crippen LogP contribution in [0.1, 0.15) is 6.42 Å². The number of rotatable bonds is 3. The van der Waals surface area contributed by atoms with Crippen molar-refractivity contribution in [3.8, 4) is 0 Å². The molecule has 0 amide bonds. The Morgan fingerprint density at radius 3 is 2.43 bits per heavy atom. The van der Waals surface area contributed by atoms with Gasteiger partial charge in [-0.2, -0.15) is 4.31 Å². The Labute approximate surface area is 120 Å². The van der Waals surface area contributed by atoms with Crippen LogP contribution in [0.15, 0.2) is 23.1 Å². The van der Waals surface area contributed by atoms with E-state index in [4.69, 9.17) is 0 Å². The number of esters is 1. The molecule has 1 aromatic rings. The highest BCUT2D eigenvalue weighted by Gasteiger charge is 2.44. The van der Waals surface area contributed by atoms with Crippen LogP contribution < -0.4 is 0 Å². The van der Waals surface area contributed by atoms with Gasteiger partial charge >= 0.3 is 5.97 Å². The number of aliphatic hydroxyl groups is 1. The van der Waals surface area contributed by atoms with Crippen LogP contribution in [0.4, 0.5) is 8.78 Å². The molecular weight excluding hydrogens is 308 g/mol. The predicted octanol–water partition coefficient (Wildman–Crippen LogP) is 0.262. The maximum absolute atomic E-state index is 13.2. The molecule has 1 N–H and O–H groups in total. The van der Waals surface area contributed by atoms with Crippen LogP contribution in [0.3, 0.4) is 0 Å². The van der Waals surface area contributed by atoms with Crippen molar-refractivity contribution < 1.29 is 31.8 Å². The fourth-order valence-electron chi connectivity index (χ4n) is 2.21. The molecule has 1 saturated heterocycles. The monoisotopic (exact) mass is 321 g/mol. The lowest BCUT2D eigenvalue weighted by atomic mass is 10.2. The second-order valence-corrected chi connectivity index (χ2v) is 6.50. The van der Waals surface area contributed by atoms with Crippen molar-refractivity contribution in [2.45, 2.75) is 23.5 Å². The van der Waals surface area contributed by atoms with Gasteiger partial charge in [0.15, 0.2) is 0 Å². The number of hydrogen-bond donors (Lipinski definition) is 1. The molecule has 0 saturated carbocycles. The Morgan fingerprint density at radius 2 is 1.90 bits per heavy atom. The van der Waals surface area contributed by atoms with Crippen molar-refractivity contribution in [1.29, 1.82) is 0 Å². The summed E-state index contributed by atoms with van der Waals surface area (Å²) in [6.45, 7) is -0.347. The van der Waals surface area contributed by atoms with Gasteiger partial charge in [0, 0.05) is 19.0 Å². The smallest absolute Gasteiger partial charge is 0.324 e. The lowest BCUT2D eigenvalue weighted by Crippen LogP contribution is -2.41. The standard InChI is InChI=1S/C12H13F2NO5S/c1-20-12(17)11-5-9(16)6-15(11)21(18,19)10-3-7(13)2-8(14)4-10/h2-4,9,11,16H,5-6H2,1H3. The van der Waals surface area contributed by atoms with Crippen molar-refractivity contribution >= 4 is 16.0 Å². The van der Waals surface area contributed by atoms with Crippen LogP contribution in [0.2, 0.25) is 0 Å². The van der Waals surface area contributed by atoms with E-state index in [1.165, 1.54) is 0 Å². The topological polar surface area (TPSA) is 83.9 Å². The zero-order valence-electron chi connectivity index (χ0n) is 11.0. The number of halogens is 2. The molecule has 9 heteroatoms. The van der Waals surface area contributed by atoms with Crippen LogP contribution >= 0.6 is 0 Å². The summed E-state index contributed by atoms with van der Waals surface area (Å²) >= 11 is 0. The maximum Gasteiger partial charge on any atom is 0.324 e. The number of ether oxygens (including phenoxy) is 1. The van der Waals surface area contributed by atoms with Gasteiger partial charge in [-0.1, -0.05) is 0 Å². The van der Waals surface area contributed by atoms with Gasteiger partial charge in [0.05, 0.1) is 18.1 Å². The molecule has 2 rings (SSSR count). The molecule has 0 spiro atoms. The van der Waals surface area contributed by atoms with Gasteiger partial charge < -0.3 is 9.84 Å². The summed E-state index contributed by atoms with van der Waals surface area (Å²) in [6.07, 6.45) is -1.19. The van der Waals surface area contributed by atoms with Crippen molar-refractivity contribution in [2.24, 2.45) is 0 Å². The van der Waals surface area contributed by atoms with E-state index >= 15 is 0 Å². The van der Waals surface area contributed by atoms with Gasteiger partial charge in [-0.05, 0) is 12.1 Å². The first-order valence-corrected chi connectivity index (χ1v) is 7.43. The number of benzene rings is 1. The van der Waals surface area contributed by atoms with Gasteiger partial charge in [-0.3, -0.25) is 4.79 Å². The Kier molecular flexibility index (Phi) is 4.26. The minimum absolute atomic E-state index is 0.135. The van der Waals surface area contributed by atoms with E-state index in [0.717, 1.165) is 7.11 Å². The van der Waals surface area contributed by atoms with Gasteiger partial charge in [-0.25, -0.2) is 17.2 Å². The molecule has 1 heterocycles.